The molecule has 0 heterocycles. The zero-order valence-electron chi connectivity index (χ0n) is 11.1. The van der Waals surface area contributed by atoms with Crippen LogP contribution in [0.2, 0.25) is 0 Å². The van der Waals surface area contributed by atoms with Crippen molar-refractivity contribution in [2.75, 3.05) is 0 Å². The van der Waals surface area contributed by atoms with Crippen LogP contribution in [0.15, 0.2) is 48.5 Å². The van der Waals surface area contributed by atoms with Crippen LogP contribution in [-0.2, 0) is 12.8 Å². The topological polar surface area (TPSA) is 9.23 Å². The summed E-state index contributed by atoms with van der Waals surface area (Å²) in [5, 5.41) is 0. The van der Waals surface area contributed by atoms with E-state index in [1.807, 2.05) is 24.3 Å². The molecule has 0 saturated carbocycles. The van der Waals surface area contributed by atoms with Crippen LogP contribution in [0.4, 0.5) is 0 Å². The van der Waals surface area contributed by atoms with Gasteiger partial charge in [-0.05, 0) is 48.2 Å². The van der Waals surface area contributed by atoms with Crippen molar-refractivity contribution < 1.29 is 4.74 Å². The van der Waals surface area contributed by atoms with Crippen LogP contribution < -0.4 is 4.74 Å². The Labute approximate surface area is 109 Å². The molecule has 0 spiro atoms. The first kappa shape index (κ1) is 12.7. The number of hydrogen-bond donors (Lipinski definition) is 0. The number of hydrogen-bond acceptors (Lipinski definition) is 1. The van der Waals surface area contributed by atoms with Crippen LogP contribution in [0.25, 0.3) is 0 Å². The molecule has 18 heavy (non-hydrogen) atoms. The number of rotatable bonds is 5. The second-order valence-corrected chi connectivity index (χ2v) is 4.50. The standard InChI is InChI=1S/C17H20O/c1-3-6-15-9-11-16(12-10-15)18-17-8-5-7-14(4-2)13-17/h5,7-13H,3-4,6H2,1-2H3. The van der Waals surface area contributed by atoms with Gasteiger partial charge in [0.2, 0.25) is 0 Å². The molecule has 0 bridgehead atoms. The number of ether oxygens (including phenoxy) is 1. The normalized spacial score (nSPS) is 10.3. The smallest absolute Gasteiger partial charge is 0.127 e. The highest BCUT2D eigenvalue weighted by atomic mass is 16.5. The molecule has 0 saturated heterocycles. The van der Waals surface area contributed by atoms with E-state index in [-0.39, 0.29) is 0 Å². The molecular weight excluding hydrogens is 220 g/mol. The molecule has 0 aliphatic carbocycles. The van der Waals surface area contributed by atoms with Crippen molar-refractivity contribution in [3.8, 4) is 11.5 Å². The van der Waals surface area contributed by atoms with Crippen molar-refractivity contribution in [3.05, 3.63) is 59.7 Å². The molecule has 0 unspecified atom stereocenters. The molecule has 0 fully saturated rings. The van der Waals surface area contributed by atoms with Crippen LogP contribution >= 0.6 is 0 Å². The Morgan fingerprint density at radius 1 is 0.833 bits per heavy atom. The molecule has 1 heteroatoms. The summed E-state index contributed by atoms with van der Waals surface area (Å²) in [6, 6.07) is 16.6. The van der Waals surface area contributed by atoms with Crippen molar-refractivity contribution in [2.24, 2.45) is 0 Å². The van der Waals surface area contributed by atoms with Gasteiger partial charge in [-0.1, -0.05) is 44.5 Å². The average molecular weight is 240 g/mol. The van der Waals surface area contributed by atoms with E-state index in [4.69, 9.17) is 4.74 Å². The second kappa shape index (κ2) is 6.25. The van der Waals surface area contributed by atoms with Gasteiger partial charge in [-0.3, -0.25) is 0 Å². The van der Waals surface area contributed by atoms with Gasteiger partial charge in [-0.2, -0.15) is 0 Å². The van der Waals surface area contributed by atoms with E-state index >= 15 is 0 Å². The van der Waals surface area contributed by atoms with E-state index in [0.717, 1.165) is 24.3 Å². The van der Waals surface area contributed by atoms with E-state index in [9.17, 15) is 0 Å². The Balaban J connectivity index is 2.08. The van der Waals surface area contributed by atoms with Gasteiger partial charge < -0.3 is 4.74 Å². The van der Waals surface area contributed by atoms with Crippen molar-refractivity contribution in [2.45, 2.75) is 33.1 Å². The first-order chi connectivity index (χ1) is 8.81. The molecule has 0 atom stereocenters. The molecule has 0 N–H and O–H groups in total. The maximum Gasteiger partial charge on any atom is 0.127 e. The summed E-state index contributed by atoms with van der Waals surface area (Å²) >= 11 is 0. The fourth-order valence-electron chi connectivity index (χ4n) is 1.98. The Morgan fingerprint density at radius 3 is 2.28 bits per heavy atom. The fourth-order valence-corrected chi connectivity index (χ4v) is 1.98. The Hall–Kier alpha value is -1.76. The van der Waals surface area contributed by atoms with Gasteiger partial charge in [0.25, 0.3) is 0 Å². The molecule has 0 aliphatic heterocycles. The van der Waals surface area contributed by atoms with Crippen molar-refractivity contribution in [1.82, 2.24) is 0 Å². The van der Waals surface area contributed by atoms with Crippen LogP contribution in [0.5, 0.6) is 11.5 Å². The summed E-state index contributed by atoms with van der Waals surface area (Å²) in [5.74, 6) is 1.82. The van der Waals surface area contributed by atoms with E-state index in [0.29, 0.717) is 0 Å². The van der Waals surface area contributed by atoms with Gasteiger partial charge >= 0.3 is 0 Å². The Bertz CT molecular complexity index is 485. The van der Waals surface area contributed by atoms with E-state index < -0.39 is 0 Å². The fraction of sp³-hybridized carbons (Fsp3) is 0.294. The van der Waals surface area contributed by atoms with E-state index in [1.54, 1.807) is 0 Å². The Kier molecular flexibility index (Phi) is 4.40. The van der Waals surface area contributed by atoms with E-state index in [2.05, 4.69) is 38.1 Å². The highest BCUT2D eigenvalue weighted by Crippen LogP contribution is 2.23. The van der Waals surface area contributed by atoms with Gasteiger partial charge in [0, 0.05) is 0 Å². The predicted octanol–water partition coefficient (Wildman–Crippen LogP) is 4.99. The summed E-state index contributed by atoms with van der Waals surface area (Å²) in [5.41, 5.74) is 2.67. The zero-order valence-corrected chi connectivity index (χ0v) is 11.1. The molecule has 2 aromatic carbocycles. The molecular formula is C17H20O. The summed E-state index contributed by atoms with van der Waals surface area (Å²) in [6.07, 6.45) is 3.34. The second-order valence-electron chi connectivity index (χ2n) is 4.50. The average Bonchev–Trinajstić information content (AvgIpc) is 2.42. The highest BCUT2D eigenvalue weighted by molar-refractivity contribution is 5.35. The summed E-state index contributed by atoms with van der Waals surface area (Å²) in [4.78, 5) is 0. The van der Waals surface area contributed by atoms with Crippen LogP contribution in [0.3, 0.4) is 0 Å². The molecule has 2 rings (SSSR count). The van der Waals surface area contributed by atoms with Gasteiger partial charge in [-0.25, -0.2) is 0 Å². The Morgan fingerprint density at radius 2 is 1.61 bits per heavy atom. The summed E-state index contributed by atoms with van der Waals surface area (Å²) in [7, 11) is 0. The number of aryl methyl sites for hydroxylation is 2. The lowest BCUT2D eigenvalue weighted by molar-refractivity contribution is 0.482. The molecule has 2 aromatic rings. The SMILES string of the molecule is CCCc1ccc(Oc2cccc(CC)c2)cc1. The third kappa shape index (κ3) is 3.36. The number of benzene rings is 2. The van der Waals surface area contributed by atoms with Gasteiger partial charge in [0.05, 0.1) is 0 Å². The van der Waals surface area contributed by atoms with Crippen LogP contribution in [-0.4, -0.2) is 0 Å². The first-order valence-corrected chi connectivity index (χ1v) is 6.67. The molecule has 94 valence electrons. The lowest BCUT2D eigenvalue weighted by Crippen LogP contribution is -1.87. The predicted molar refractivity (Wildman–Crippen MR) is 76.3 cm³/mol. The van der Waals surface area contributed by atoms with Crippen molar-refractivity contribution in [3.63, 3.8) is 0 Å². The van der Waals surface area contributed by atoms with Gasteiger partial charge in [0.1, 0.15) is 11.5 Å². The molecule has 0 radical (unpaired) electrons. The quantitative estimate of drug-likeness (QED) is 0.715. The monoisotopic (exact) mass is 240 g/mol. The maximum absolute atomic E-state index is 5.85. The van der Waals surface area contributed by atoms with Crippen molar-refractivity contribution >= 4 is 0 Å². The first-order valence-electron chi connectivity index (χ1n) is 6.67. The molecule has 0 aliphatic rings. The zero-order chi connectivity index (χ0) is 12.8. The highest BCUT2D eigenvalue weighted by Gasteiger charge is 1.99. The van der Waals surface area contributed by atoms with Gasteiger partial charge in [-0.15, -0.1) is 0 Å². The lowest BCUT2D eigenvalue weighted by atomic mass is 10.1. The van der Waals surface area contributed by atoms with Gasteiger partial charge in [0.15, 0.2) is 0 Å². The molecule has 0 aromatic heterocycles. The largest absolute Gasteiger partial charge is 0.457 e. The molecule has 1 nitrogen and oxygen atoms in total. The minimum atomic E-state index is 0.906. The lowest BCUT2D eigenvalue weighted by Gasteiger charge is -2.07. The third-order valence-corrected chi connectivity index (χ3v) is 3.00. The summed E-state index contributed by atoms with van der Waals surface area (Å²) in [6.45, 7) is 4.35. The maximum atomic E-state index is 5.85. The van der Waals surface area contributed by atoms with Crippen LogP contribution in [0, 0.1) is 0 Å². The minimum Gasteiger partial charge on any atom is -0.457 e. The van der Waals surface area contributed by atoms with Crippen LogP contribution in [0.1, 0.15) is 31.4 Å². The van der Waals surface area contributed by atoms with E-state index in [1.165, 1.54) is 17.5 Å². The van der Waals surface area contributed by atoms with Crippen molar-refractivity contribution in [1.29, 1.82) is 0 Å². The third-order valence-electron chi connectivity index (χ3n) is 3.00. The summed E-state index contributed by atoms with van der Waals surface area (Å²) < 4.78 is 5.85. The minimum absolute atomic E-state index is 0.906. The molecule has 0 amide bonds.